The molecule has 0 atom stereocenters. The SMILES string of the molecule is CC(=O)CC(C)=O.Cc1cc(C)c(C#N)c(=O)[nH]1.O=CO[O-].[C-]#[N+]CC(N)=O.[H-].[K+].[K+]. The maximum atomic E-state index is 11.0. The number of carbonyl (C=O) groups excluding carboxylic acids is 4. The van der Waals surface area contributed by atoms with E-state index >= 15 is 0 Å². The van der Waals surface area contributed by atoms with Crippen molar-refractivity contribution >= 4 is 23.9 Å². The van der Waals surface area contributed by atoms with Crippen LogP contribution in [-0.4, -0.2) is 35.5 Å². The van der Waals surface area contributed by atoms with Crippen molar-refractivity contribution in [2.24, 2.45) is 5.73 Å². The normalized spacial score (nSPS) is 7.30. The van der Waals surface area contributed by atoms with Gasteiger partial charge in [0, 0.05) is 5.69 Å². The molecule has 0 aliphatic rings. The number of aromatic nitrogens is 1. The van der Waals surface area contributed by atoms with Crippen LogP contribution in [0.4, 0.5) is 0 Å². The number of aryl methyl sites for hydroxylation is 2. The Morgan fingerprint density at radius 2 is 1.77 bits per heavy atom. The number of hydrogen-bond donors (Lipinski definition) is 2. The predicted octanol–water partition coefficient (Wildman–Crippen LogP) is -6.64. The summed E-state index contributed by atoms with van der Waals surface area (Å²) in [6.45, 7) is 12.0. The first kappa shape index (κ1) is 39.9. The molecule has 1 rings (SSSR count). The summed E-state index contributed by atoms with van der Waals surface area (Å²) in [5, 5.41) is 17.0. The van der Waals surface area contributed by atoms with Gasteiger partial charge < -0.3 is 27.1 Å². The number of ketones is 2. The average Bonchev–Trinajstić information content (AvgIpc) is 2.54. The zero-order valence-corrected chi connectivity index (χ0v) is 24.1. The molecule has 30 heavy (non-hydrogen) atoms. The number of rotatable bonds is 4. The fourth-order valence-electron chi connectivity index (χ4n) is 1.42. The van der Waals surface area contributed by atoms with Crippen molar-refractivity contribution in [1.82, 2.24) is 4.98 Å². The molecule has 11 nitrogen and oxygen atoms in total. The Hall–Kier alpha value is -0.557. The van der Waals surface area contributed by atoms with Gasteiger partial charge in [-0.25, -0.2) is 6.57 Å². The first-order chi connectivity index (χ1) is 13.0. The average molecular weight is 473 g/mol. The van der Waals surface area contributed by atoms with Crippen molar-refractivity contribution in [2.45, 2.75) is 34.1 Å². The molecule has 0 aromatic carbocycles. The number of nitriles is 1. The van der Waals surface area contributed by atoms with Crippen molar-refractivity contribution in [3.05, 3.63) is 44.7 Å². The van der Waals surface area contributed by atoms with Crippen LogP contribution in [0.2, 0.25) is 0 Å². The van der Waals surface area contributed by atoms with Crippen LogP contribution in [0, 0.1) is 31.8 Å². The maximum Gasteiger partial charge on any atom is 1.00 e. The molecule has 1 amide bonds. The zero-order valence-electron chi connectivity index (χ0n) is 18.9. The Morgan fingerprint density at radius 3 is 1.93 bits per heavy atom. The van der Waals surface area contributed by atoms with Crippen molar-refractivity contribution < 1.29 is 134 Å². The molecule has 1 aromatic heterocycles. The second-order valence-electron chi connectivity index (χ2n) is 5.01. The molecule has 0 fully saturated rings. The van der Waals surface area contributed by atoms with Gasteiger partial charge in [-0.3, -0.25) is 24.0 Å². The molecule has 0 unspecified atom stereocenters. The molecule has 154 valence electrons. The van der Waals surface area contributed by atoms with Crippen LogP contribution in [-0.2, 0) is 24.1 Å². The fourth-order valence-corrected chi connectivity index (χ4v) is 1.42. The molecule has 0 saturated heterocycles. The van der Waals surface area contributed by atoms with Crippen LogP contribution in [0.15, 0.2) is 10.9 Å². The number of nitrogens with two attached hydrogens (primary N) is 1. The van der Waals surface area contributed by atoms with Gasteiger partial charge in [0.15, 0.2) is 0 Å². The summed E-state index contributed by atoms with van der Waals surface area (Å²) in [5.41, 5.74) is 5.97. The third kappa shape index (κ3) is 29.6. The molecule has 1 heterocycles. The molecule has 1 aromatic rings. The topological polar surface area (TPSA) is 188 Å². The Labute approximate surface area is 260 Å². The molecule has 0 aliphatic carbocycles. The van der Waals surface area contributed by atoms with E-state index in [4.69, 9.17) is 21.9 Å². The molecule has 13 heteroatoms. The Morgan fingerprint density at radius 1 is 1.33 bits per heavy atom. The van der Waals surface area contributed by atoms with Gasteiger partial charge in [0.25, 0.3) is 24.5 Å². The number of amides is 1. The predicted molar refractivity (Wildman–Crippen MR) is 96.2 cm³/mol. The van der Waals surface area contributed by atoms with Crippen molar-refractivity contribution in [3.63, 3.8) is 0 Å². The summed E-state index contributed by atoms with van der Waals surface area (Å²) >= 11 is 0. The first-order valence-electron chi connectivity index (χ1n) is 7.39. The second kappa shape index (κ2) is 26.5. The van der Waals surface area contributed by atoms with E-state index in [-0.39, 0.29) is 146 Å². The van der Waals surface area contributed by atoms with Gasteiger partial charge in [-0.15, -0.1) is 0 Å². The molecule has 0 radical (unpaired) electrons. The third-order valence-electron chi connectivity index (χ3n) is 2.25. The van der Waals surface area contributed by atoms with Crippen LogP contribution in [0.5, 0.6) is 0 Å². The number of nitrogens with one attached hydrogen (secondary N) is 1. The van der Waals surface area contributed by atoms with E-state index in [1.165, 1.54) is 13.8 Å². The standard InChI is InChI=1S/C8H8N2O.C5H8O2.C3H4N2O.CH2O3.2K.H/c1-5-3-6(2)10-8(11)7(5)4-9;1-4(6)3-5(2)7;1-5-2-3(4)6;2-1-4-3;;;/h3H,1-2H3,(H,10,11);3H2,1-2H3;2H2,(H2,4,6);1,3H;;;/q;;;;2*+1;-1/p-1. The van der Waals surface area contributed by atoms with E-state index in [2.05, 4.69) is 20.5 Å². The molecular weight excluding hydrogens is 450 g/mol. The maximum absolute atomic E-state index is 11.0. The minimum atomic E-state index is -0.565. The van der Waals surface area contributed by atoms with Crippen LogP contribution >= 0.6 is 0 Å². The molecule has 0 aliphatic heterocycles. The molecule has 0 saturated carbocycles. The summed E-state index contributed by atoms with van der Waals surface area (Å²) in [4.78, 5) is 57.2. The Bertz CT molecular complexity index is 806. The van der Waals surface area contributed by atoms with Crippen molar-refractivity contribution in [3.8, 4) is 6.07 Å². The van der Waals surface area contributed by atoms with Gasteiger partial charge in [-0.05, 0) is 39.3 Å². The zero-order chi connectivity index (χ0) is 22.7. The third-order valence-corrected chi connectivity index (χ3v) is 2.25. The summed E-state index contributed by atoms with van der Waals surface area (Å²) in [6, 6.07) is 3.62. The summed E-state index contributed by atoms with van der Waals surface area (Å²) in [7, 11) is 0. The first-order valence-corrected chi connectivity index (χ1v) is 7.39. The fraction of sp³-hybridized carbons (Fsp3) is 0.353. The van der Waals surface area contributed by atoms with Crippen LogP contribution in [0.3, 0.4) is 0 Å². The van der Waals surface area contributed by atoms with Gasteiger partial charge in [0.2, 0.25) is 0 Å². The second-order valence-corrected chi connectivity index (χ2v) is 5.01. The molecular formula is C17H22K2N4O7. The number of pyridine rings is 1. The van der Waals surface area contributed by atoms with E-state index in [1.54, 1.807) is 19.9 Å². The van der Waals surface area contributed by atoms with Crippen LogP contribution in [0.25, 0.3) is 4.85 Å². The smallest absolute Gasteiger partial charge is 1.00 e. The van der Waals surface area contributed by atoms with Gasteiger partial charge >= 0.3 is 103 Å². The Balaban J connectivity index is -0.0000000694. The summed E-state index contributed by atoms with van der Waals surface area (Å²) < 4.78 is 0. The van der Waals surface area contributed by atoms with Gasteiger partial charge in [0.05, 0.1) is 6.42 Å². The van der Waals surface area contributed by atoms with Crippen LogP contribution < -0.4 is 119 Å². The number of carbonyl (C=O) groups is 4. The van der Waals surface area contributed by atoms with Crippen LogP contribution in [0.1, 0.15) is 38.5 Å². The quantitative estimate of drug-likeness (QED) is 0.108. The summed E-state index contributed by atoms with van der Waals surface area (Å²) in [5.74, 6) is -0.690. The number of primary amides is 1. The molecule has 3 N–H and O–H groups in total. The number of nitrogens with zero attached hydrogens (tertiary/aromatic N) is 2. The minimum absolute atomic E-state index is 0. The minimum Gasteiger partial charge on any atom is -1.00 e. The van der Waals surface area contributed by atoms with E-state index in [0.717, 1.165) is 11.3 Å². The molecule has 0 bridgehead atoms. The number of H-pyrrole nitrogens is 1. The largest absolute Gasteiger partial charge is 1.00 e. The van der Waals surface area contributed by atoms with Crippen molar-refractivity contribution in [1.29, 1.82) is 5.26 Å². The summed E-state index contributed by atoms with van der Waals surface area (Å²) in [6.07, 6.45) is 0.0833. The van der Waals surface area contributed by atoms with E-state index in [9.17, 15) is 19.2 Å². The van der Waals surface area contributed by atoms with E-state index in [1.807, 2.05) is 6.07 Å². The van der Waals surface area contributed by atoms with E-state index < -0.39 is 5.91 Å². The van der Waals surface area contributed by atoms with Gasteiger partial charge in [-0.1, -0.05) is 0 Å². The van der Waals surface area contributed by atoms with Gasteiger partial charge in [-0.2, -0.15) is 5.26 Å². The number of hydrogen-bond acceptors (Lipinski definition) is 8. The van der Waals surface area contributed by atoms with E-state index in [0.29, 0.717) is 0 Å². The van der Waals surface area contributed by atoms with Gasteiger partial charge in [0.1, 0.15) is 23.2 Å². The Kier molecular flexibility index (Phi) is 35.2. The number of aromatic amines is 1. The molecule has 0 spiro atoms. The van der Waals surface area contributed by atoms with Crippen molar-refractivity contribution in [2.75, 3.05) is 6.54 Å². The monoisotopic (exact) mass is 472 g/mol. The number of Topliss-reactive ketones (excluding diaryl/α,β-unsaturated/α-hetero) is 2.